The van der Waals surface area contributed by atoms with Gasteiger partial charge in [-0.05, 0) is 25.3 Å². The summed E-state index contributed by atoms with van der Waals surface area (Å²) < 4.78 is 0. The largest absolute Gasteiger partial charge is 0.241 e. The van der Waals surface area contributed by atoms with Crippen LogP contribution >= 0.6 is 0 Å². The molecule has 2 unspecified atom stereocenters. The molecular formula is C12H13N3. The van der Waals surface area contributed by atoms with Crippen molar-refractivity contribution in [2.75, 3.05) is 0 Å². The summed E-state index contributed by atoms with van der Waals surface area (Å²) in [6.07, 6.45) is 6.18. The Bertz CT molecular complexity index is 391. The van der Waals surface area contributed by atoms with Gasteiger partial charge in [0.25, 0.3) is 0 Å². The van der Waals surface area contributed by atoms with Crippen LogP contribution in [0.3, 0.4) is 0 Å². The Morgan fingerprint density at radius 3 is 2.67 bits per heavy atom. The predicted octanol–water partition coefficient (Wildman–Crippen LogP) is 2.44. The summed E-state index contributed by atoms with van der Waals surface area (Å²) in [6, 6.07) is 4.12. The number of aromatic nitrogens is 2. The van der Waals surface area contributed by atoms with E-state index in [0.717, 1.165) is 30.7 Å². The summed E-state index contributed by atoms with van der Waals surface area (Å²) in [7, 11) is 0. The normalized spacial score (nSPS) is 25.9. The highest BCUT2D eigenvalue weighted by Crippen LogP contribution is 2.37. The quantitative estimate of drug-likeness (QED) is 0.653. The molecule has 1 aromatic rings. The maximum Gasteiger partial charge on any atom is 0.135 e. The number of nitrogens with zero attached hydrogens (tertiary/aromatic N) is 3. The maximum absolute atomic E-state index is 8.84. The molecule has 76 valence electrons. The molecule has 0 saturated heterocycles. The van der Waals surface area contributed by atoms with Gasteiger partial charge in [0.1, 0.15) is 5.82 Å². The average Bonchev–Trinajstić information content (AvgIpc) is 2.30. The summed E-state index contributed by atoms with van der Waals surface area (Å²) >= 11 is 0. The number of hydrogen-bond acceptors (Lipinski definition) is 3. The van der Waals surface area contributed by atoms with Gasteiger partial charge >= 0.3 is 0 Å². The fourth-order valence-corrected chi connectivity index (χ4v) is 2.05. The van der Waals surface area contributed by atoms with E-state index in [1.54, 1.807) is 12.4 Å². The van der Waals surface area contributed by atoms with Gasteiger partial charge in [-0.2, -0.15) is 5.26 Å². The maximum atomic E-state index is 8.84. The van der Waals surface area contributed by atoms with Gasteiger partial charge in [-0.25, -0.2) is 9.97 Å². The lowest BCUT2D eigenvalue weighted by Gasteiger charge is -2.25. The van der Waals surface area contributed by atoms with Crippen molar-refractivity contribution in [3.8, 4) is 6.07 Å². The monoisotopic (exact) mass is 199 g/mol. The molecule has 2 atom stereocenters. The second kappa shape index (κ2) is 4.22. The molecule has 1 fully saturated rings. The van der Waals surface area contributed by atoms with E-state index < -0.39 is 0 Å². The van der Waals surface area contributed by atoms with Crippen molar-refractivity contribution in [2.24, 2.45) is 5.92 Å². The van der Waals surface area contributed by atoms with Crippen molar-refractivity contribution in [2.45, 2.75) is 25.2 Å². The van der Waals surface area contributed by atoms with Crippen LogP contribution in [0.2, 0.25) is 0 Å². The van der Waals surface area contributed by atoms with Crippen LogP contribution in [-0.2, 0) is 0 Å². The zero-order chi connectivity index (χ0) is 10.7. The van der Waals surface area contributed by atoms with E-state index in [2.05, 4.69) is 22.6 Å². The van der Waals surface area contributed by atoms with E-state index in [-0.39, 0.29) is 11.8 Å². The third-order valence-electron chi connectivity index (χ3n) is 2.89. The fraction of sp³-hybridized carbons (Fsp3) is 0.417. The van der Waals surface area contributed by atoms with Crippen molar-refractivity contribution >= 4 is 0 Å². The predicted molar refractivity (Wildman–Crippen MR) is 56.9 cm³/mol. The van der Waals surface area contributed by atoms with Crippen LogP contribution in [0.25, 0.3) is 0 Å². The average molecular weight is 199 g/mol. The van der Waals surface area contributed by atoms with E-state index in [4.69, 9.17) is 5.26 Å². The topological polar surface area (TPSA) is 49.6 Å². The van der Waals surface area contributed by atoms with Crippen LogP contribution in [0.15, 0.2) is 30.6 Å². The highest BCUT2D eigenvalue weighted by Gasteiger charge is 2.26. The Labute approximate surface area is 89.5 Å². The highest BCUT2D eigenvalue weighted by atomic mass is 14.9. The van der Waals surface area contributed by atoms with Crippen molar-refractivity contribution < 1.29 is 0 Å². The summed E-state index contributed by atoms with van der Waals surface area (Å²) in [5.41, 5.74) is 1.10. The summed E-state index contributed by atoms with van der Waals surface area (Å²) in [6.45, 7) is 4.04. The van der Waals surface area contributed by atoms with Crippen LogP contribution in [0.5, 0.6) is 0 Å². The molecule has 3 heteroatoms. The molecule has 0 aromatic carbocycles. The van der Waals surface area contributed by atoms with Crippen molar-refractivity contribution in [3.63, 3.8) is 0 Å². The molecule has 1 aromatic heterocycles. The third kappa shape index (κ3) is 2.04. The molecule has 0 radical (unpaired) electrons. The number of allylic oxidation sites excluding steroid dienone is 1. The minimum atomic E-state index is 0.137. The van der Waals surface area contributed by atoms with Crippen molar-refractivity contribution in [1.82, 2.24) is 9.97 Å². The zero-order valence-corrected chi connectivity index (χ0v) is 8.56. The minimum absolute atomic E-state index is 0.137. The number of hydrogen-bond donors (Lipinski definition) is 0. The van der Waals surface area contributed by atoms with Gasteiger partial charge < -0.3 is 0 Å². The molecule has 1 saturated carbocycles. The summed E-state index contributed by atoms with van der Waals surface area (Å²) in [4.78, 5) is 8.50. The lowest BCUT2D eigenvalue weighted by Crippen LogP contribution is -2.16. The van der Waals surface area contributed by atoms with Gasteiger partial charge in [-0.1, -0.05) is 12.2 Å². The lowest BCUT2D eigenvalue weighted by molar-refractivity contribution is 0.455. The van der Waals surface area contributed by atoms with E-state index in [1.807, 2.05) is 6.07 Å². The molecule has 0 amide bonds. The van der Waals surface area contributed by atoms with E-state index in [9.17, 15) is 0 Å². The Morgan fingerprint density at radius 2 is 2.07 bits per heavy atom. The van der Waals surface area contributed by atoms with Gasteiger partial charge in [0.15, 0.2) is 0 Å². The van der Waals surface area contributed by atoms with Gasteiger partial charge in [-0.3, -0.25) is 0 Å². The number of rotatable bonds is 1. The van der Waals surface area contributed by atoms with Crippen LogP contribution in [-0.4, -0.2) is 9.97 Å². The van der Waals surface area contributed by atoms with E-state index >= 15 is 0 Å². The molecule has 15 heavy (non-hydrogen) atoms. The van der Waals surface area contributed by atoms with Crippen LogP contribution < -0.4 is 0 Å². The number of nitriles is 1. The molecule has 0 spiro atoms. The third-order valence-corrected chi connectivity index (χ3v) is 2.89. The second-order valence-electron chi connectivity index (χ2n) is 3.93. The van der Waals surface area contributed by atoms with E-state index in [0.29, 0.717) is 0 Å². The van der Waals surface area contributed by atoms with Gasteiger partial charge in [-0.15, -0.1) is 0 Å². The standard InChI is InChI=1S/C12H13N3/c1-9-7-10(8-13)3-4-11(9)12-14-5-2-6-15-12/h2,5-6,10-11H,1,3-4,7H2. The first-order chi connectivity index (χ1) is 7.31. The first-order valence-corrected chi connectivity index (χ1v) is 5.15. The molecule has 0 aliphatic heterocycles. The molecular weight excluding hydrogens is 186 g/mol. The van der Waals surface area contributed by atoms with Gasteiger partial charge in [0.2, 0.25) is 0 Å². The first kappa shape index (κ1) is 9.85. The van der Waals surface area contributed by atoms with Crippen molar-refractivity contribution in [3.05, 3.63) is 36.4 Å². The smallest absolute Gasteiger partial charge is 0.135 e. The Kier molecular flexibility index (Phi) is 2.77. The molecule has 2 rings (SSSR count). The first-order valence-electron chi connectivity index (χ1n) is 5.15. The lowest BCUT2D eigenvalue weighted by atomic mass is 9.79. The Hall–Kier alpha value is -1.69. The molecule has 3 nitrogen and oxygen atoms in total. The second-order valence-corrected chi connectivity index (χ2v) is 3.93. The van der Waals surface area contributed by atoms with Gasteiger partial charge in [0, 0.05) is 18.3 Å². The minimum Gasteiger partial charge on any atom is -0.241 e. The fourth-order valence-electron chi connectivity index (χ4n) is 2.05. The summed E-state index contributed by atoms with van der Waals surface area (Å²) in [5, 5.41) is 8.84. The van der Waals surface area contributed by atoms with E-state index in [1.165, 1.54) is 0 Å². The molecule has 0 bridgehead atoms. The molecule has 1 heterocycles. The van der Waals surface area contributed by atoms with Crippen LogP contribution in [0.4, 0.5) is 0 Å². The zero-order valence-electron chi connectivity index (χ0n) is 8.56. The molecule has 1 aliphatic carbocycles. The Balaban J connectivity index is 2.14. The van der Waals surface area contributed by atoms with Crippen LogP contribution in [0, 0.1) is 17.2 Å². The van der Waals surface area contributed by atoms with Gasteiger partial charge in [0.05, 0.1) is 12.0 Å². The SMILES string of the molecule is C=C1CC(C#N)CCC1c1ncccn1. The Morgan fingerprint density at radius 1 is 1.33 bits per heavy atom. The summed E-state index contributed by atoms with van der Waals surface area (Å²) in [5.74, 6) is 1.23. The van der Waals surface area contributed by atoms with Crippen LogP contribution in [0.1, 0.15) is 31.0 Å². The molecule has 1 aliphatic rings. The van der Waals surface area contributed by atoms with Crippen molar-refractivity contribution in [1.29, 1.82) is 5.26 Å². The molecule has 0 N–H and O–H groups in total. The highest BCUT2D eigenvalue weighted by molar-refractivity contribution is 5.20.